The van der Waals surface area contributed by atoms with Crippen molar-refractivity contribution < 1.29 is 22.7 Å². The zero-order chi connectivity index (χ0) is 20.7. The summed E-state index contributed by atoms with van der Waals surface area (Å²) in [5.41, 5.74) is 6.27. The molecular weight excluding hydrogens is 384 g/mol. The van der Waals surface area contributed by atoms with E-state index in [1.54, 1.807) is 18.2 Å². The van der Waals surface area contributed by atoms with E-state index in [-0.39, 0.29) is 29.6 Å². The van der Waals surface area contributed by atoms with E-state index in [1.165, 1.54) is 38.5 Å². The Morgan fingerprint density at radius 2 is 1.71 bits per heavy atom. The minimum Gasteiger partial charge on any atom is -0.493 e. The van der Waals surface area contributed by atoms with Crippen molar-refractivity contribution in [2.45, 2.75) is 11.3 Å². The highest BCUT2D eigenvalue weighted by atomic mass is 32.2. The molecule has 0 unspecified atom stereocenters. The molecule has 2 rings (SSSR count). The third-order valence-electron chi connectivity index (χ3n) is 3.79. The molecule has 0 spiro atoms. The maximum Gasteiger partial charge on any atom is 0.240 e. The number of methoxy groups -OCH3 is 2. The van der Waals surface area contributed by atoms with Crippen LogP contribution >= 0.6 is 0 Å². The molecule has 150 valence electrons. The molecular formula is C18H22N4O5S. The van der Waals surface area contributed by atoms with Gasteiger partial charge in [-0.3, -0.25) is 10.2 Å². The first-order valence-electron chi connectivity index (χ1n) is 8.23. The number of anilines is 1. The maximum absolute atomic E-state index is 12.2. The van der Waals surface area contributed by atoms with Crippen LogP contribution in [0, 0.1) is 5.41 Å². The van der Waals surface area contributed by atoms with E-state index in [9.17, 15) is 13.2 Å². The highest BCUT2D eigenvalue weighted by molar-refractivity contribution is 7.89. The summed E-state index contributed by atoms with van der Waals surface area (Å²) in [5.74, 6) is 0.490. The fourth-order valence-electron chi connectivity index (χ4n) is 2.33. The van der Waals surface area contributed by atoms with Gasteiger partial charge in [-0.15, -0.1) is 0 Å². The second-order valence-corrected chi connectivity index (χ2v) is 7.47. The Kier molecular flexibility index (Phi) is 6.96. The average Bonchev–Trinajstić information content (AvgIpc) is 2.67. The summed E-state index contributed by atoms with van der Waals surface area (Å²) < 4.78 is 37.2. The third-order valence-corrected chi connectivity index (χ3v) is 5.26. The molecule has 0 aliphatic heterocycles. The maximum atomic E-state index is 12.2. The smallest absolute Gasteiger partial charge is 0.240 e. The lowest BCUT2D eigenvalue weighted by molar-refractivity contribution is -0.116. The molecule has 28 heavy (non-hydrogen) atoms. The summed E-state index contributed by atoms with van der Waals surface area (Å²) in [6, 6.07) is 10.5. The summed E-state index contributed by atoms with van der Waals surface area (Å²) in [6.45, 7) is -0.0735. The van der Waals surface area contributed by atoms with Crippen LogP contribution in [-0.4, -0.2) is 40.9 Å². The molecule has 5 N–H and O–H groups in total. The second-order valence-electron chi connectivity index (χ2n) is 5.70. The molecule has 0 saturated carbocycles. The average molecular weight is 406 g/mol. The first-order chi connectivity index (χ1) is 13.3. The zero-order valence-corrected chi connectivity index (χ0v) is 16.3. The van der Waals surface area contributed by atoms with Gasteiger partial charge in [0, 0.05) is 30.3 Å². The Hall–Kier alpha value is -3.11. The molecule has 1 amide bonds. The van der Waals surface area contributed by atoms with E-state index in [4.69, 9.17) is 20.6 Å². The number of nitrogens with one attached hydrogen (secondary N) is 3. The molecule has 0 aliphatic carbocycles. The molecule has 2 aromatic rings. The lowest BCUT2D eigenvalue weighted by Crippen LogP contribution is -2.28. The number of sulfonamides is 1. The normalized spacial score (nSPS) is 10.9. The SMILES string of the molecule is COc1ccc(NC(=O)CCNS(=O)(=O)c2ccc(C(=N)N)cc2)cc1OC. The van der Waals surface area contributed by atoms with Crippen LogP contribution < -0.4 is 25.2 Å². The van der Waals surface area contributed by atoms with E-state index in [0.29, 0.717) is 22.7 Å². The van der Waals surface area contributed by atoms with Gasteiger partial charge < -0.3 is 20.5 Å². The van der Waals surface area contributed by atoms with E-state index >= 15 is 0 Å². The molecule has 0 heterocycles. The van der Waals surface area contributed by atoms with Crippen LogP contribution in [0.15, 0.2) is 47.4 Å². The number of amides is 1. The predicted molar refractivity (Wildman–Crippen MR) is 105 cm³/mol. The predicted octanol–water partition coefficient (Wildman–Crippen LogP) is 1.29. The van der Waals surface area contributed by atoms with Gasteiger partial charge >= 0.3 is 0 Å². The summed E-state index contributed by atoms with van der Waals surface area (Å²) in [6.07, 6.45) is -0.0564. The van der Waals surface area contributed by atoms with E-state index in [1.807, 2.05) is 0 Å². The molecule has 0 atom stereocenters. The van der Waals surface area contributed by atoms with Crippen LogP contribution in [0.4, 0.5) is 5.69 Å². The van der Waals surface area contributed by atoms with Crippen molar-refractivity contribution in [1.82, 2.24) is 4.72 Å². The van der Waals surface area contributed by atoms with Gasteiger partial charge in [0.05, 0.1) is 19.1 Å². The minimum atomic E-state index is -3.77. The number of benzene rings is 2. The van der Waals surface area contributed by atoms with Crippen molar-refractivity contribution in [2.24, 2.45) is 5.73 Å². The Balaban J connectivity index is 1.91. The number of hydrogen-bond donors (Lipinski definition) is 4. The number of carbonyl (C=O) groups excluding carboxylic acids is 1. The number of hydrogen-bond acceptors (Lipinski definition) is 6. The largest absolute Gasteiger partial charge is 0.493 e. The topological polar surface area (TPSA) is 144 Å². The first-order valence-corrected chi connectivity index (χ1v) is 9.71. The van der Waals surface area contributed by atoms with Gasteiger partial charge in [-0.1, -0.05) is 0 Å². The Morgan fingerprint density at radius 3 is 2.29 bits per heavy atom. The second kappa shape index (κ2) is 9.20. The molecule has 10 heteroatoms. The van der Waals surface area contributed by atoms with Gasteiger partial charge in [-0.2, -0.15) is 0 Å². The van der Waals surface area contributed by atoms with E-state index in [0.717, 1.165) is 0 Å². The monoisotopic (exact) mass is 406 g/mol. The molecule has 0 fully saturated rings. The van der Waals surface area contributed by atoms with Crippen molar-refractivity contribution in [3.05, 3.63) is 48.0 Å². The third kappa shape index (κ3) is 5.44. The molecule has 0 aromatic heterocycles. The fraction of sp³-hybridized carbons (Fsp3) is 0.222. The zero-order valence-electron chi connectivity index (χ0n) is 15.5. The van der Waals surface area contributed by atoms with Crippen molar-refractivity contribution in [2.75, 3.05) is 26.1 Å². The van der Waals surface area contributed by atoms with Crippen LogP contribution in [0.5, 0.6) is 11.5 Å². The number of amidine groups is 1. The van der Waals surface area contributed by atoms with Crippen molar-refractivity contribution in [3.63, 3.8) is 0 Å². The van der Waals surface area contributed by atoms with Crippen LogP contribution in [0.25, 0.3) is 0 Å². The molecule has 9 nitrogen and oxygen atoms in total. The summed E-state index contributed by atoms with van der Waals surface area (Å²) in [4.78, 5) is 12.1. The standard InChI is InChI=1S/C18H22N4O5S/c1-26-15-8-5-13(11-16(15)27-2)22-17(23)9-10-21-28(24,25)14-6-3-12(4-7-14)18(19)20/h3-8,11,21H,9-10H2,1-2H3,(H3,19,20)(H,22,23). The van der Waals surface area contributed by atoms with E-state index < -0.39 is 10.0 Å². The van der Waals surface area contributed by atoms with Crippen molar-refractivity contribution in [1.29, 1.82) is 5.41 Å². The lowest BCUT2D eigenvalue weighted by atomic mass is 10.2. The van der Waals surface area contributed by atoms with Crippen LogP contribution in [0.3, 0.4) is 0 Å². The van der Waals surface area contributed by atoms with Gasteiger partial charge in [-0.05, 0) is 36.4 Å². The van der Waals surface area contributed by atoms with Gasteiger partial charge in [0.15, 0.2) is 11.5 Å². The summed E-state index contributed by atoms with van der Waals surface area (Å²) >= 11 is 0. The molecule has 0 radical (unpaired) electrons. The molecule has 0 aliphatic rings. The van der Waals surface area contributed by atoms with E-state index in [2.05, 4.69) is 10.0 Å². The quantitative estimate of drug-likeness (QED) is 0.365. The van der Waals surface area contributed by atoms with Gasteiger partial charge in [0.2, 0.25) is 15.9 Å². The van der Waals surface area contributed by atoms with Gasteiger partial charge in [0.1, 0.15) is 5.84 Å². The van der Waals surface area contributed by atoms with Crippen LogP contribution in [0.1, 0.15) is 12.0 Å². The lowest BCUT2D eigenvalue weighted by Gasteiger charge is -2.11. The number of rotatable bonds is 9. The highest BCUT2D eigenvalue weighted by Gasteiger charge is 2.15. The van der Waals surface area contributed by atoms with Crippen molar-refractivity contribution >= 4 is 27.5 Å². The Labute approximate surface area is 163 Å². The number of carbonyl (C=O) groups is 1. The molecule has 0 saturated heterocycles. The number of ether oxygens (including phenoxy) is 2. The number of nitrogens with two attached hydrogens (primary N) is 1. The summed E-state index contributed by atoms with van der Waals surface area (Å²) in [5, 5.41) is 9.98. The first kappa shape index (κ1) is 21.2. The van der Waals surface area contributed by atoms with Crippen LogP contribution in [-0.2, 0) is 14.8 Å². The fourth-order valence-corrected chi connectivity index (χ4v) is 3.37. The van der Waals surface area contributed by atoms with Gasteiger partial charge in [0.25, 0.3) is 0 Å². The summed E-state index contributed by atoms with van der Waals surface area (Å²) in [7, 11) is -0.772. The van der Waals surface area contributed by atoms with Crippen LogP contribution in [0.2, 0.25) is 0 Å². The molecule has 2 aromatic carbocycles. The Morgan fingerprint density at radius 1 is 1.07 bits per heavy atom. The highest BCUT2D eigenvalue weighted by Crippen LogP contribution is 2.29. The minimum absolute atomic E-state index is 0.0257. The molecule has 0 bridgehead atoms. The van der Waals surface area contributed by atoms with Gasteiger partial charge in [-0.25, -0.2) is 13.1 Å². The number of nitrogen functional groups attached to an aromatic ring is 1. The van der Waals surface area contributed by atoms with Crippen molar-refractivity contribution in [3.8, 4) is 11.5 Å². The Bertz CT molecular complexity index is 958.